The Hall–Kier alpha value is -1.96. The van der Waals surface area contributed by atoms with Crippen molar-refractivity contribution in [1.82, 2.24) is 14.8 Å². The van der Waals surface area contributed by atoms with Crippen molar-refractivity contribution in [2.45, 2.75) is 31.9 Å². The molecule has 2 aliphatic heterocycles. The van der Waals surface area contributed by atoms with Crippen LogP contribution in [-0.4, -0.2) is 57.7 Å². The molecule has 1 unspecified atom stereocenters. The van der Waals surface area contributed by atoms with Crippen molar-refractivity contribution in [3.8, 4) is 5.19 Å². The van der Waals surface area contributed by atoms with Gasteiger partial charge in [0.1, 0.15) is 12.1 Å². The third kappa shape index (κ3) is 2.63. The minimum absolute atomic E-state index is 0.0720. The summed E-state index contributed by atoms with van der Waals surface area (Å²) in [5.41, 5.74) is 0. The van der Waals surface area contributed by atoms with E-state index >= 15 is 0 Å². The molecule has 112 valence electrons. The number of hydrogen-bond acceptors (Lipinski definition) is 6. The summed E-state index contributed by atoms with van der Waals surface area (Å²) in [4.78, 5) is 42.2. The second kappa shape index (κ2) is 5.44. The third-order valence-electron chi connectivity index (χ3n) is 3.67. The molecule has 7 nitrogen and oxygen atoms in total. The van der Waals surface area contributed by atoms with Gasteiger partial charge in [-0.1, -0.05) is 11.3 Å². The highest BCUT2D eigenvalue weighted by molar-refractivity contribution is 7.11. The van der Waals surface area contributed by atoms with Gasteiger partial charge >= 0.3 is 0 Å². The van der Waals surface area contributed by atoms with Crippen molar-refractivity contribution >= 4 is 29.1 Å². The second-order valence-corrected chi connectivity index (χ2v) is 5.97. The predicted molar refractivity (Wildman–Crippen MR) is 73.7 cm³/mol. The van der Waals surface area contributed by atoms with Crippen LogP contribution in [0.4, 0.5) is 0 Å². The average Bonchev–Trinajstić information content (AvgIpc) is 3.02. The molecule has 0 bridgehead atoms. The molecule has 3 rings (SSSR count). The van der Waals surface area contributed by atoms with E-state index in [4.69, 9.17) is 4.74 Å². The second-order valence-electron chi connectivity index (χ2n) is 5.11. The lowest BCUT2D eigenvalue weighted by atomic mass is 10.1. The number of carbonyl (C=O) groups is 3. The van der Waals surface area contributed by atoms with Crippen molar-refractivity contribution in [3.05, 3.63) is 11.6 Å². The molecule has 0 aromatic carbocycles. The molecule has 1 aromatic rings. The zero-order chi connectivity index (χ0) is 15.0. The summed E-state index contributed by atoms with van der Waals surface area (Å²) in [5, 5.41) is 2.41. The first-order valence-corrected chi connectivity index (χ1v) is 7.64. The maximum atomic E-state index is 12.3. The Morgan fingerprint density at radius 3 is 2.62 bits per heavy atom. The number of likely N-dealkylation sites (tertiary alicyclic amines) is 2. The number of thiazole rings is 1. The maximum Gasteiger partial charge on any atom is 0.273 e. The molecule has 1 atom stereocenters. The summed E-state index contributed by atoms with van der Waals surface area (Å²) in [5.74, 6) is -0.744. The number of amides is 3. The summed E-state index contributed by atoms with van der Waals surface area (Å²) in [7, 11) is 0. The van der Waals surface area contributed by atoms with E-state index in [0.717, 1.165) is 4.90 Å². The third-order valence-corrected chi connectivity index (χ3v) is 4.33. The van der Waals surface area contributed by atoms with E-state index in [1.54, 1.807) is 18.0 Å². The number of rotatable bonds is 4. The Labute approximate surface area is 125 Å². The molecule has 0 spiro atoms. The highest BCUT2D eigenvalue weighted by Crippen LogP contribution is 2.22. The molecule has 1 aromatic heterocycles. The molecule has 3 amide bonds. The molecule has 3 heterocycles. The van der Waals surface area contributed by atoms with Crippen molar-refractivity contribution in [3.63, 3.8) is 0 Å². The highest BCUT2D eigenvalue weighted by Gasteiger charge is 2.41. The lowest BCUT2D eigenvalue weighted by Gasteiger charge is -2.40. The van der Waals surface area contributed by atoms with E-state index in [-0.39, 0.29) is 36.7 Å². The van der Waals surface area contributed by atoms with Crippen molar-refractivity contribution in [2.24, 2.45) is 0 Å². The molecule has 0 aliphatic carbocycles. The molecular weight excluding hydrogens is 294 g/mol. The van der Waals surface area contributed by atoms with E-state index < -0.39 is 6.04 Å². The summed E-state index contributed by atoms with van der Waals surface area (Å²) in [6.45, 7) is 2.51. The Balaban J connectivity index is 1.53. The first-order valence-electron chi connectivity index (χ1n) is 6.76. The van der Waals surface area contributed by atoms with Gasteiger partial charge in [0.05, 0.1) is 13.1 Å². The van der Waals surface area contributed by atoms with Crippen molar-refractivity contribution in [1.29, 1.82) is 0 Å². The Morgan fingerprint density at radius 1 is 1.38 bits per heavy atom. The van der Waals surface area contributed by atoms with E-state index in [1.807, 2.05) is 5.38 Å². The topological polar surface area (TPSA) is 79.8 Å². The number of hydrogen-bond donors (Lipinski definition) is 0. The van der Waals surface area contributed by atoms with E-state index in [9.17, 15) is 14.4 Å². The van der Waals surface area contributed by atoms with Crippen LogP contribution in [0, 0.1) is 0 Å². The van der Waals surface area contributed by atoms with Crippen LogP contribution in [-0.2, 0) is 14.4 Å². The largest absolute Gasteiger partial charge is 0.463 e. The van der Waals surface area contributed by atoms with Gasteiger partial charge < -0.3 is 9.64 Å². The van der Waals surface area contributed by atoms with Crippen LogP contribution in [0.3, 0.4) is 0 Å². The van der Waals surface area contributed by atoms with Gasteiger partial charge in [-0.2, -0.15) is 0 Å². The van der Waals surface area contributed by atoms with Crippen molar-refractivity contribution in [2.75, 3.05) is 13.1 Å². The van der Waals surface area contributed by atoms with Crippen LogP contribution in [0.15, 0.2) is 11.6 Å². The summed E-state index contributed by atoms with van der Waals surface area (Å²) < 4.78 is 5.58. The Morgan fingerprint density at radius 2 is 2.05 bits per heavy atom. The smallest absolute Gasteiger partial charge is 0.273 e. The van der Waals surface area contributed by atoms with Crippen LogP contribution in [0.5, 0.6) is 5.19 Å². The van der Waals surface area contributed by atoms with Crippen LogP contribution < -0.4 is 4.74 Å². The Kier molecular flexibility index (Phi) is 3.62. The SMILES string of the molecule is CC(C(=O)N1CC(Oc2nccs2)C1)N1C(=O)CCC1=O. The van der Waals surface area contributed by atoms with Crippen LogP contribution in [0.2, 0.25) is 0 Å². The molecule has 0 saturated carbocycles. The molecule has 0 radical (unpaired) electrons. The molecule has 2 saturated heterocycles. The van der Waals surface area contributed by atoms with Gasteiger partial charge in [-0.05, 0) is 6.92 Å². The molecule has 2 fully saturated rings. The van der Waals surface area contributed by atoms with E-state index in [2.05, 4.69) is 4.98 Å². The Bertz CT molecular complexity index is 552. The zero-order valence-corrected chi connectivity index (χ0v) is 12.3. The molecule has 0 N–H and O–H groups in total. The summed E-state index contributed by atoms with van der Waals surface area (Å²) in [6.07, 6.45) is 1.99. The van der Waals surface area contributed by atoms with Gasteiger partial charge in [0, 0.05) is 24.4 Å². The minimum atomic E-state index is -0.728. The zero-order valence-electron chi connectivity index (χ0n) is 11.5. The fourth-order valence-electron chi connectivity index (χ4n) is 2.50. The average molecular weight is 309 g/mol. The number of nitrogens with zero attached hydrogens (tertiary/aromatic N) is 3. The van der Waals surface area contributed by atoms with Gasteiger partial charge in [-0.25, -0.2) is 4.98 Å². The standard InChI is InChI=1S/C13H15N3O4S/c1-8(16-10(17)2-3-11(16)18)12(19)15-6-9(7-15)20-13-14-4-5-21-13/h4-5,8-9H,2-3,6-7H2,1H3. The predicted octanol–water partition coefficient (Wildman–Crippen LogP) is 0.270. The molecule has 8 heteroatoms. The van der Waals surface area contributed by atoms with Gasteiger partial charge in [0.15, 0.2) is 0 Å². The summed E-state index contributed by atoms with van der Waals surface area (Å²) in [6, 6.07) is -0.728. The van der Waals surface area contributed by atoms with E-state index in [1.165, 1.54) is 11.3 Å². The number of aromatic nitrogens is 1. The monoisotopic (exact) mass is 309 g/mol. The van der Waals surface area contributed by atoms with Crippen molar-refractivity contribution < 1.29 is 19.1 Å². The fraction of sp³-hybridized carbons (Fsp3) is 0.538. The molecule has 21 heavy (non-hydrogen) atoms. The minimum Gasteiger partial charge on any atom is -0.463 e. The number of imide groups is 1. The lowest BCUT2D eigenvalue weighted by Crippen LogP contribution is -2.60. The summed E-state index contributed by atoms with van der Waals surface area (Å²) >= 11 is 1.40. The molecular formula is C13H15N3O4S. The fourth-order valence-corrected chi connectivity index (χ4v) is 3.06. The van der Waals surface area contributed by atoms with Gasteiger partial charge in [-0.15, -0.1) is 0 Å². The van der Waals surface area contributed by atoms with Gasteiger partial charge in [-0.3, -0.25) is 19.3 Å². The lowest BCUT2D eigenvalue weighted by molar-refractivity contribution is -0.154. The van der Waals surface area contributed by atoms with Crippen LogP contribution in [0.25, 0.3) is 0 Å². The highest BCUT2D eigenvalue weighted by atomic mass is 32.1. The quantitative estimate of drug-likeness (QED) is 0.746. The normalized spacial score (nSPS) is 20.6. The van der Waals surface area contributed by atoms with Gasteiger partial charge in [0.2, 0.25) is 17.7 Å². The van der Waals surface area contributed by atoms with Crippen LogP contribution in [0.1, 0.15) is 19.8 Å². The van der Waals surface area contributed by atoms with Gasteiger partial charge in [0.25, 0.3) is 5.19 Å². The first-order chi connectivity index (χ1) is 10.1. The number of carbonyl (C=O) groups excluding carboxylic acids is 3. The number of ether oxygens (including phenoxy) is 1. The van der Waals surface area contributed by atoms with E-state index in [0.29, 0.717) is 18.3 Å². The maximum absolute atomic E-state index is 12.3. The molecule has 2 aliphatic rings. The van der Waals surface area contributed by atoms with Crippen LogP contribution >= 0.6 is 11.3 Å². The first kappa shape index (κ1) is 14.0.